The Bertz CT molecular complexity index is 1170. The number of aromatic nitrogens is 6. The summed E-state index contributed by atoms with van der Waals surface area (Å²) in [7, 11) is 0. The first-order chi connectivity index (χ1) is 13.0. The van der Waals surface area contributed by atoms with Gasteiger partial charge in [0.2, 0.25) is 0 Å². The monoisotopic (exact) mass is 380 g/mol. The number of fused-ring (bicyclic) bond motifs is 2. The fourth-order valence-electron chi connectivity index (χ4n) is 3.05. The minimum atomic E-state index is -0.0852. The molecule has 7 heteroatoms. The largest absolute Gasteiger partial charge is 0.327 e. The predicted molar refractivity (Wildman–Crippen MR) is 113 cm³/mol. The van der Waals surface area contributed by atoms with Crippen LogP contribution in [0, 0.1) is 6.92 Å². The lowest BCUT2D eigenvalue weighted by molar-refractivity contribution is 0.408. The lowest BCUT2D eigenvalue weighted by Gasteiger charge is -2.21. The van der Waals surface area contributed by atoms with E-state index in [2.05, 4.69) is 78.3 Å². The molecule has 0 fully saturated rings. The minimum absolute atomic E-state index is 0.0530. The topological polar surface area (TPSA) is 81.4 Å². The molecule has 1 N–H and O–H groups in total. The molecule has 4 rings (SSSR count). The summed E-state index contributed by atoms with van der Waals surface area (Å²) in [6, 6.07) is 3.85. The first-order valence-corrected chi connectivity index (χ1v) is 9.35. The molecular formula is C21H28N6O. The average Bonchev–Trinajstić information content (AvgIpc) is 3.18. The fourth-order valence-corrected chi connectivity index (χ4v) is 3.05. The summed E-state index contributed by atoms with van der Waals surface area (Å²) in [5.41, 5.74) is 1.69. The molecule has 0 unspecified atom stereocenters. The molecule has 0 bridgehead atoms. The predicted octanol–water partition coefficient (Wildman–Crippen LogP) is 3.97. The molecule has 0 aliphatic rings. The smallest absolute Gasteiger partial charge is 0.260 e. The van der Waals surface area contributed by atoms with Gasteiger partial charge in [0.1, 0.15) is 17.1 Å². The van der Waals surface area contributed by atoms with Gasteiger partial charge in [-0.25, -0.2) is 15.0 Å². The van der Waals surface area contributed by atoms with E-state index in [0.717, 1.165) is 22.5 Å². The molecular weight excluding hydrogens is 352 g/mol. The van der Waals surface area contributed by atoms with Crippen LogP contribution in [0.4, 0.5) is 0 Å². The highest BCUT2D eigenvalue weighted by atomic mass is 16.1. The van der Waals surface area contributed by atoms with Crippen molar-refractivity contribution >= 4 is 22.1 Å². The van der Waals surface area contributed by atoms with Crippen LogP contribution in [-0.4, -0.2) is 29.1 Å². The molecule has 4 aromatic heterocycles. The van der Waals surface area contributed by atoms with E-state index in [1.807, 2.05) is 23.9 Å². The molecule has 28 heavy (non-hydrogen) atoms. The van der Waals surface area contributed by atoms with E-state index in [1.54, 1.807) is 6.07 Å². The maximum atomic E-state index is 11.4. The normalized spacial score (nSPS) is 12.2. The quantitative estimate of drug-likeness (QED) is 0.500. The van der Waals surface area contributed by atoms with E-state index in [0.29, 0.717) is 5.39 Å². The third kappa shape index (κ3) is 3.83. The van der Waals surface area contributed by atoms with Crippen molar-refractivity contribution in [2.24, 2.45) is 0 Å². The van der Waals surface area contributed by atoms with Gasteiger partial charge in [-0.05, 0) is 60.6 Å². The number of H-pyrrole nitrogens is 1. The van der Waals surface area contributed by atoms with E-state index in [9.17, 15) is 4.79 Å². The van der Waals surface area contributed by atoms with Crippen LogP contribution < -0.4 is 5.56 Å². The van der Waals surface area contributed by atoms with Gasteiger partial charge in [-0.2, -0.15) is 0 Å². The second-order valence-corrected chi connectivity index (χ2v) is 8.88. The maximum absolute atomic E-state index is 11.4. The van der Waals surface area contributed by atoms with Crippen LogP contribution in [0.1, 0.15) is 47.4 Å². The molecule has 0 aliphatic carbocycles. The van der Waals surface area contributed by atoms with Crippen molar-refractivity contribution in [2.45, 2.75) is 59.5 Å². The number of rotatable bonds is 0. The zero-order chi connectivity index (χ0) is 20.7. The second-order valence-electron chi connectivity index (χ2n) is 8.88. The van der Waals surface area contributed by atoms with Gasteiger partial charge < -0.3 is 14.1 Å². The zero-order valence-electron chi connectivity index (χ0n) is 17.6. The molecule has 0 saturated heterocycles. The van der Waals surface area contributed by atoms with E-state index < -0.39 is 0 Å². The Morgan fingerprint density at radius 2 is 1.50 bits per heavy atom. The van der Waals surface area contributed by atoms with Crippen molar-refractivity contribution in [3.63, 3.8) is 0 Å². The SMILES string of the molecule is CC(C)(C)n1ccc2c(=O)[nH]cnc21.Cc1ncc2ccn(C(C)(C)C)c2n1. The van der Waals surface area contributed by atoms with Crippen molar-refractivity contribution in [2.75, 3.05) is 0 Å². The van der Waals surface area contributed by atoms with Crippen LogP contribution in [-0.2, 0) is 11.1 Å². The van der Waals surface area contributed by atoms with Crippen LogP contribution in [0.3, 0.4) is 0 Å². The number of nitrogens with one attached hydrogen (secondary N) is 1. The first-order valence-electron chi connectivity index (χ1n) is 9.35. The van der Waals surface area contributed by atoms with E-state index in [-0.39, 0.29) is 16.6 Å². The van der Waals surface area contributed by atoms with Crippen LogP contribution >= 0.6 is 0 Å². The number of aromatic amines is 1. The minimum Gasteiger partial charge on any atom is -0.327 e. The number of aryl methyl sites for hydroxylation is 1. The Labute approximate surface area is 164 Å². The Morgan fingerprint density at radius 3 is 2.14 bits per heavy atom. The van der Waals surface area contributed by atoms with Crippen LogP contribution in [0.5, 0.6) is 0 Å². The first kappa shape index (κ1) is 19.8. The van der Waals surface area contributed by atoms with Gasteiger partial charge in [0.15, 0.2) is 0 Å². The Balaban J connectivity index is 0.000000161. The van der Waals surface area contributed by atoms with Crippen LogP contribution in [0.25, 0.3) is 22.1 Å². The molecule has 0 radical (unpaired) electrons. The lowest BCUT2D eigenvalue weighted by Crippen LogP contribution is -2.21. The van der Waals surface area contributed by atoms with Gasteiger partial charge in [0, 0.05) is 35.1 Å². The fraction of sp³-hybridized carbons (Fsp3) is 0.429. The number of hydrogen-bond donors (Lipinski definition) is 1. The molecule has 7 nitrogen and oxygen atoms in total. The summed E-state index contributed by atoms with van der Waals surface area (Å²) in [6.07, 6.45) is 7.28. The highest BCUT2D eigenvalue weighted by Gasteiger charge is 2.17. The molecule has 148 valence electrons. The van der Waals surface area contributed by atoms with Gasteiger partial charge in [0.05, 0.1) is 11.7 Å². The van der Waals surface area contributed by atoms with Crippen molar-refractivity contribution in [3.8, 4) is 0 Å². The third-order valence-corrected chi connectivity index (χ3v) is 4.48. The maximum Gasteiger partial charge on any atom is 0.260 e. The molecule has 0 aromatic carbocycles. The van der Waals surface area contributed by atoms with Gasteiger partial charge in [-0.15, -0.1) is 0 Å². The number of nitrogens with zero attached hydrogens (tertiary/aromatic N) is 5. The summed E-state index contributed by atoms with van der Waals surface area (Å²) in [6.45, 7) is 14.7. The summed E-state index contributed by atoms with van der Waals surface area (Å²) in [4.78, 5) is 26.8. The molecule has 0 aliphatic heterocycles. The van der Waals surface area contributed by atoms with E-state index in [1.165, 1.54) is 6.33 Å². The average molecular weight is 380 g/mol. The van der Waals surface area contributed by atoms with Gasteiger partial charge in [-0.3, -0.25) is 4.79 Å². The van der Waals surface area contributed by atoms with E-state index >= 15 is 0 Å². The van der Waals surface area contributed by atoms with Gasteiger partial charge >= 0.3 is 0 Å². The highest BCUT2D eigenvalue weighted by molar-refractivity contribution is 5.75. The zero-order valence-corrected chi connectivity index (χ0v) is 17.6. The molecule has 4 heterocycles. The summed E-state index contributed by atoms with van der Waals surface area (Å²) < 4.78 is 4.18. The van der Waals surface area contributed by atoms with Gasteiger partial charge in [0.25, 0.3) is 5.56 Å². The summed E-state index contributed by atoms with van der Waals surface area (Å²) in [5, 5.41) is 1.74. The second kappa shape index (κ2) is 6.89. The summed E-state index contributed by atoms with van der Waals surface area (Å²) >= 11 is 0. The number of hydrogen-bond acceptors (Lipinski definition) is 4. The molecule has 0 amide bonds. The lowest BCUT2D eigenvalue weighted by atomic mass is 10.1. The van der Waals surface area contributed by atoms with E-state index in [4.69, 9.17) is 0 Å². The Morgan fingerprint density at radius 1 is 0.893 bits per heavy atom. The standard InChI is InChI=1S/C11H15N3.C10H13N3O/c1-8-12-7-9-5-6-14(10(9)13-8)11(2,3)4;1-10(2,3)13-5-4-7-8(13)11-6-12-9(7)14/h5-7H,1-4H3;4-6H,1-3H3,(H,11,12,14). The van der Waals surface area contributed by atoms with Crippen LogP contribution in [0.2, 0.25) is 0 Å². The molecule has 4 aromatic rings. The Hall–Kier alpha value is -2.96. The van der Waals surface area contributed by atoms with Crippen LogP contribution in [0.15, 0.2) is 41.8 Å². The molecule has 0 atom stereocenters. The van der Waals surface area contributed by atoms with Gasteiger partial charge in [-0.1, -0.05) is 0 Å². The molecule has 0 spiro atoms. The van der Waals surface area contributed by atoms with Crippen molar-refractivity contribution in [3.05, 3.63) is 53.2 Å². The highest BCUT2D eigenvalue weighted by Crippen LogP contribution is 2.22. The molecule has 0 saturated carbocycles. The third-order valence-electron chi connectivity index (χ3n) is 4.48. The summed E-state index contributed by atoms with van der Waals surface area (Å²) in [5.74, 6) is 0.821. The van der Waals surface area contributed by atoms with Crippen molar-refractivity contribution in [1.29, 1.82) is 0 Å². The van der Waals surface area contributed by atoms with Crippen molar-refractivity contribution in [1.82, 2.24) is 29.1 Å². The Kier molecular flexibility index (Phi) is 4.87. The van der Waals surface area contributed by atoms with Crippen molar-refractivity contribution < 1.29 is 0 Å².